The zero-order valence-electron chi connectivity index (χ0n) is 16.5. The van der Waals surface area contributed by atoms with E-state index in [-0.39, 0.29) is 27.4 Å². The summed E-state index contributed by atoms with van der Waals surface area (Å²) in [5.41, 5.74) is 5.17. The molecule has 3 rings (SSSR count). The highest BCUT2D eigenvalue weighted by Crippen LogP contribution is 2.46. The minimum Gasteiger partial charge on any atom is -0.397 e. The van der Waals surface area contributed by atoms with Gasteiger partial charge in [0, 0.05) is 43.8 Å². The number of hydrogen-bond acceptors (Lipinski definition) is 7. The van der Waals surface area contributed by atoms with E-state index in [0.717, 1.165) is 10.5 Å². The number of nitrogens with two attached hydrogens (primary N) is 1. The molecule has 0 spiro atoms. The number of likely N-dealkylation sites (N-methyl/N-ethyl adjacent to an activating group) is 1. The summed E-state index contributed by atoms with van der Waals surface area (Å²) in [4.78, 5) is 23.7. The second-order valence-electron chi connectivity index (χ2n) is 7.33. The van der Waals surface area contributed by atoms with Gasteiger partial charge in [-0.3, -0.25) is 9.59 Å². The number of anilines is 2. The number of aryl methyl sites for hydroxylation is 1. The molecule has 1 saturated carbocycles. The fourth-order valence-corrected chi connectivity index (χ4v) is 4.23. The van der Waals surface area contributed by atoms with E-state index in [2.05, 4.69) is 5.32 Å². The molecule has 2 aromatic rings. The van der Waals surface area contributed by atoms with Gasteiger partial charge in [0.2, 0.25) is 15.9 Å². The van der Waals surface area contributed by atoms with Crippen LogP contribution in [-0.4, -0.2) is 48.1 Å². The molecule has 11 heteroatoms. The van der Waals surface area contributed by atoms with Crippen molar-refractivity contribution in [2.24, 2.45) is 7.05 Å². The molecule has 30 heavy (non-hydrogen) atoms. The zero-order chi connectivity index (χ0) is 22.3. The van der Waals surface area contributed by atoms with Gasteiger partial charge in [-0.2, -0.15) is 4.31 Å². The smallest absolute Gasteiger partial charge is 0.252 e. The highest BCUT2D eigenvalue weighted by atomic mass is 32.2. The first-order valence-corrected chi connectivity index (χ1v) is 10.5. The maximum atomic E-state index is 13.1. The predicted molar refractivity (Wildman–Crippen MR) is 112 cm³/mol. The third kappa shape index (κ3) is 4.13. The first-order chi connectivity index (χ1) is 14.0. The minimum atomic E-state index is -4.19. The van der Waals surface area contributed by atoms with E-state index in [4.69, 9.17) is 11.1 Å². The Morgan fingerprint density at radius 1 is 1.40 bits per heavy atom. The average Bonchev–Trinajstić information content (AvgIpc) is 3.43. The number of rotatable bonds is 7. The van der Waals surface area contributed by atoms with E-state index >= 15 is 0 Å². The van der Waals surface area contributed by atoms with Crippen molar-refractivity contribution >= 4 is 33.5 Å². The summed E-state index contributed by atoms with van der Waals surface area (Å²) in [6.07, 6.45) is 3.38. The summed E-state index contributed by atoms with van der Waals surface area (Å²) in [5, 5.41) is 20.4. The van der Waals surface area contributed by atoms with Crippen LogP contribution < -0.4 is 16.6 Å². The number of aliphatic hydroxyl groups is 1. The molecule has 1 heterocycles. The van der Waals surface area contributed by atoms with E-state index in [1.54, 1.807) is 7.05 Å². The molecule has 0 saturated heterocycles. The summed E-state index contributed by atoms with van der Waals surface area (Å²) < 4.78 is 28.3. The molecular formula is C19H23N5O5S. The summed E-state index contributed by atoms with van der Waals surface area (Å²) in [7, 11) is -1.41. The van der Waals surface area contributed by atoms with Crippen LogP contribution in [0.3, 0.4) is 0 Å². The molecule has 1 amide bonds. The van der Waals surface area contributed by atoms with Crippen LogP contribution in [0.4, 0.5) is 11.4 Å². The molecule has 1 aliphatic rings. The topological polar surface area (TPSA) is 159 Å². The molecule has 0 unspecified atom stereocenters. The normalized spacial score (nSPS) is 15.1. The van der Waals surface area contributed by atoms with Crippen molar-refractivity contribution in [1.29, 1.82) is 5.41 Å². The Morgan fingerprint density at radius 3 is 2.63 bits per heavy atom. The number of pyridine rings is 1. The van der Waals surface area contributed by atoms with Crippen molar-refractivity contribution in [3.8, 4) is 0 Å². The second kappa shape index (κ2) is 7.67. The number of carbonyl (C=O) groups is 1. The molecule has 1 aliphatic carbocycles. The van der Waals surface area contributed by atoms with Crippen molar-refractivity contribution in [3.63, 3.8) is 0 Å². The maximum Gasteiger partial charge on any atom is 0.252 e. The van der Waals surface area contributed by atoms with Gasteiger partial charge in [0.1, 0.15) is 4.90 Å². The van der Waals surface area contributed by atoms with E-state index < -0.39 is 28.1 Å². The average molecular weight is 433 g/mol. The highest BCUT2D eigenvalue weighted by molar-refractivity contribution is 7.89. The molecule has 0 atom stereocenters. The summed E-state index contributed by atoms with van der Waals surface area (Å²) in [5.74, 6) is -0.642. The van der Waals surface area contributed by atoms with E-state index in [1.807, 2.05) is 0 Å². The Morgan fingerprint density at radius 2 is 2.07 bits per heavy atom. The Labute approximate surface area is 173 Å². The molecule has 0 bridgehead atoms. The standard InChI is InChI=1S/C19H23N5O5S/c1-23-6-3-14(9-17(23)26)22-16(25)11-24(2)30(28,29)15-8-13(19(27)4-5-19)7-12(10-20)18(15)21/h3,6-10,20,27H,4-5,11,21H2,1-2H3,(H,22,25). The quantitative estimate of drug-likeness (QED) is 0.361. The molecular weight excluding hydrogens is 410 g/mol. The number of nitrogens with one attached hydrogen (secondary N) is 2. The van der Waals surface area contributed by atoms with Crippen molar-refractivity contribution in [3.05, 3.63) is 51.9 Å². The van der Waals surface area contributed by atoms with Crippen LogP contribution in [0.1, 0.15) is 24.0 Å². The molecule has 1 aromatic heterocycles. The fraction of sp³-hybridized carbons (Fsp3) is 0.316. The highest BCUT2D eigenvalue weighted by Gasteiger charge is 2.43. The van der Waals surface area contributed by atoms with Gasteiger partial charge in [0.25, 0.3) is 5.56 Å². The molecule has 0 radical (unpaired) electrons. The Kier molecular flexibility index (Phi) is 5.54. The van der Waals surface area contributed by atoms with E-state index in [9.17, 15) is 23.1 Å². The van der Waals surface area contributed by atoms with Crippen LogP contribution in [-0.2, 0) is 27.5 Å². The lowest BCUT2D eigenvalue weighted by Crippen LogP contribution is -2.35. The maximum absolute atomic E-state index is 13.1. The number of nitrogen functional groups attached to an aromatic ring is 1. The monoisotopic (exact) mass is 433 g/mol. The Bertz CT molecular complexity index is 1180. The van der Waals surface area contributed by atoms with Gasteiger partial charge in [-0.1, -0.05) is 0 Å². The van der Waals surface area contributed by atoms with Gasteiger partial charge in [0.05, 0.1) is 17.8 Å². The third-order valence-corrected chi connectivity index (χ3v) is 6.88. The number of carbonyl (C=O) groups excluding carboxylic acids is 1. The Balaban J connectivity index is 1.85. The zero-order valence-corrected chi connectivity index (χ0v) is 17.4. The first-order valence-electron chi connectivity index (χ1n) is 9.08. The number of aromatic nitrogens is 1. The Hall–Kier alpha value is -3.02. The van der Waals surface area contributed by atoms with Gasteiger partial charge >= 0.3 is 0 Å². The number of hydrogen-bond donors (Lipinski definition) is 4. The predicted octanol–water partition coefficient (Wildman–Crippen LogP) is 0.206. The van der Waals surface area contributed by atoms with Crippen molar-refractivity contribution in [1.82, 2.24) is 8.87 Å². The van der Waals surface area contributed by atoms with E-state index in [1.165, 1.54) is 42.1 Å². The second-order valence-corrected chi connectivity index (χ2v) is 9.34. The lowest BCUT2D eigenvalue weighted by Gasteiger charge is -2.20. The van der Waals surface area contributed by atoms with Gasteiger partial charge in [-0.25, -0.2) is 8.42 Å². The fourth-order valence-electron chi connectivity index (χ4n) is 2.94. The summed E-state index contributed by atoms with van der Waals surface area (Å²) >= 11 is 0. The van der Waals surface area contributed by atoms with Crippen molar-refractivity contribution < 1.29 is 18.3 Å². The number of sulfonamides is 1. The van der Waals surface area contributed by atoms with E-state index in [0.29, 0.717) is 18.4 Å². The van der Waals surface area contributed by atoms with Crippen LogP contribution in [0.15, 0.2) is 40.2 Å². The van der Waals surface area contributed by atoms with Crippen molar-refractivity contribution in [2.45, 2.75) is 23.3 Å². The molecule has 5 N–H and O–H groups in total. The molecule has 0 aliphatic heterocycles. The molecule has 1 aromatic carbocycles. The lowest BCUT2D eigenvalue weighted by molar-refractivity contribution is -0.116. The SMILES string of the molecule is CN(CC(=O)Nc1ccn(C)c(=O)c1)S(=O)(=O)c1cc(C2(O)CC2)cc(C=N)c1N. The number of nitrogens with zero attached hydrogens (tertiary/aromatic N) is 2. The molecule has 10 nitrogen and oxygen atoms in total. The molecule has 1 fully saturated rings. The number of amides is 1. The largest absolute Gasteiger partial charge is 0.397 e. The lowest BCUT2D eigenvalue weighted by atomic mass is 10.0. The first kappa shape index (κ1) is 21.7. The summed E-state index contributed by atoms with van der Waals surface area (Å²) in [6, 6.07) is 5.53. The van der Waals surface area contributed by atoms with Gasteiger partial charge in [-0.15, -0.1) is 0 Å². The van der Waals surface area contributed by atoms with Crippen LogP contribution in [0.5, 0.6) is 0 Å². The van der Waals surface area contributed by atoms with Crippen LogP contribution in [0.25, 0.3) is 0 Å². The minimum absolute atomic E-state index is 0.128. The van der Waals surface area contributed by atoms with Gasteiger partial charge in [-0.05, 0) is 36.6 Å². The molecule has 160 valence electrons. The van der Waals surface area contributed by atoms with Crippen molar-refractivity contribution in [2.75, 3.05) is 24.6 Å². The number of benzene rings is 1. The van der Waals surface area contributed by atoms with Crippen LogP contribution in [0.2, 0.25) is 0 Å². The van der Waals surface area contributed by atoms with Crippen LogP contribution >= 0.6 is 0 Å². The van der Waals surface area contributed by atoms with Crippen LogP contribution in [0, 0.1) is 5.41 Å². The third-order valence-electron chi connectivity index (χ3n) is 5.03. The van der Waals surface area contributed by atoms with Gasteiger partial charge in [0.15, 0.2) is 0 Å². The van der Waals surface area contributed by atoms with Gasteiger partial charge < -0.3 is 26.1 Å². The summed E-state index contributed by atoms with van der Waals surface area (Å²) in [6.45, 7) is -0.522.